The Labute approximate surface area is 203 Å². The van der Waals surface area contributed by atoms with Gasteiger partial charge in [-0.2, -0.15) is 4.98 Å². The van der Waals surface area contributed by atoms with E-state index in [1.807, 2.05) is 36.4 Å². The van der Waals surface area contributed by atoms with E-state index in [1.165, 1.54) is 25.9 Å². The zero-order valence-electron chi connectivity index (χ0n) is 18.8. The number of nitrogens with zero attached hydrogens (tertiary/aromatic N) is 3. The van der Waals surface area contributed by atoms with Gasteiger partial charge in [-0.1, -0.05) is 35.3 Å². The molecule has 1 aromatic heterocycles. The van der Waals surface area contributed by atoms with Crippen LogP contribution in [0.15, 0.2) is 41.2 Å². The Kier molecular flexibility index (Phi) is 6.61. The first-order valence-electron chi connectivity index (χ1n) is 11.7. The van der Waals surface area contributed by atoms with Gasteiger partial charge in [-0.05, 0) is 75.6 Å². The van der Waals surface area contributed by atoms with Crippen molar-refractivity contribution in [3.8, 4) is 11.1 Å². The van der Waals surface area contributed by atoms with Crippen LogP contribution in [0.25, 0.3) is 22.0 Å². The first-order chi connectivity index (χ1) is 16.0. The van der Waals surface area contributed by atoms with E-state index in [2.05, 4.69) is 32.1 Å². The van der Waals surface area contributed by atoms with Crippen LogP contribution in [0.3, 0.4) is 0 Å². The van der Waals surface area contributed by atoms with Crippen LogP contribution >= 0.6 is 23.2 Å². The monoisotopic (exact) mass is 485 g/mol. The minimum Gasteiger partial charge on any atom is -0.347 e. The average Bonchev–Trinajstić information content (AvgIpc) is 3.36. The molecule has 2 N–H and O–H groups in total. The molecule has 4 heterocycles. The lowest BCUT2D eigenvalue weighted by molar-refractivity contribution is 0.418. The molecule has 3 saturated heterocycles. The molecule has 3 aliphatic heterocycles. The molecular weight excluding hydrogens is 457 g/mol. The van der Waals surface area contributed by atoms with Crippen LogP contribution in [0.5, 0.6) is 0 Å². The van der Waals surface area contributed by atoms with Crippen molar-refractivity contribution in [1.29, 1.82) is 0 Å². The molecule has 0 spiro atoms. The quantitative estimate of drug-likeness (QED) is 0.557. The highest BCUT2D eigenvalue weighted by Crippen LogP contribution is 2.38. The van der Waals surface area contributed by atoms with Gasteiger partial charge in [0, 0.05) is 46.2 Å². The summed E-state index contributed by atoms with van der Waals surface area (Å²) in [4.78, 5) is 24.2. The van der Waals surface area contributed by atoms with Crippen molar-refractivity contribution in [3.63, 3.8) is 0 Å². The molecule has 8 heteroatoms. The number of aromatic nitrogens is 2. The molecule has 2 unspecified atom stereocenters. The third kappa shape index (κ3) is 4.62. The van der Waals surface area contributed by atoms with Crippen molar-refractivity contribution < 1.29 is 0 Å². The van der Waals surface area contributed by atoms with Gasteiger partial charge in [0.2, 0.25) is 0 Å². The van der Waals surface area contributed by atoms with Crippen molar-refractivity contribution in [2.75, 3.05) is 38.1 Å². The van der Waals surface area contributed by atoms with Crippen LogP contribution in [-0.4, -0.2) is 60.2 Å². The van der Waals surface area contributed by atoms with Crippen LogP contribution in [-0.2, 0) is 0 Å². The lowest BCUT2D eigenvalue weighted by Gasteiger charge is -2.36. The van der Waals surface area contributed by atoms with E-state index in [4.69, 9.17) is 23.2 Å². The summed E-state index contributed by atoms with van der Waals surface area (Å²) in [5, 5.41) is 5.58. The largest absolute Gasteiger partial charge is 0.347 e. The van der Waals surface area contributed by atoms with Gasteiger partial charge >= 0.3 is 5.69 Å². The number of piperazine rings is 1. The van der Waals surface area contributed by atoms with E-state index in [-0.39, 0.29) is 5.69 Å². The standard InChI is InChI=1S/C20H18Cl2N4O.C5H11N/c21-15-2-1-3-16(22)18(15)11-4-7-14-17(8-11)24-20(27)25-19(14)26-12-5-6-13(26)10-23-9-12;1-6-4-2-3-5-6/h1-4,7-8,12-13,23H,5-6,9-10H2,(H,24,25,27);2-5H2,1H3. The molecule has 6 rings (SSSR count). The fraction of sp³-hybridized carbons (Fsp3) is 0.440. The van der Waals surface area contributed by atoms with Gasteiger partial charge in [0.05, 0.1) is 5.52 Å². The van der Waals surface area contributed by atoms with Gasteiger partial charge in [-0.25, -0.2) is 4.79 Å². The van der Waals surface area contributed by atoms with Crippen molar-refractivity contribution in [2.24, 2.45) is 0 Å². The second-order valence-corrected chi connectivity index (χ2v) is 10.00. The first-order valence-corrected chi connectivity index (χ1v) is 12.4. The van der Waals surface area contributed by atoms with E-state index in [9.17, 15) is 4.79 Å². The van der Waals surface area contributed by atoms with Gasteiger partial charge in [-0.15, -0.1) is 0 Å². The fourth-order valence-corrected chi connectivity index (χ4v) is 5.88. The Hall–Kier alpha value is -2.12. The SMILES string of the molecule is CN1CCCC1.O=c1nc(N2C3CCC2CNC3)c2ccc(-c3c(Cl)cccc3Cl)cc2[nH]1. The first kappa shape index (κ1) is 22.7. The smallest absolute Gasteiger partial charge is 0.347 e. The highest BCUT2D eigenvalue weighted by atomic mass is 35.5. The predicted octanol–water partition coefficient (Wildman–Crippen LogP) is 4.55. The molecule has 2 atom stereocenters. The number of benzene rings is 2. The van der Waals surface area contributed by atoms with E-state index in [0.717, 1.165) is 53.8 Å². The van der Waals surface area contributed by atoms with Crippen molar-refractivity contribution in [1.82, 2.24) is 20.2 Å². The minimum absolute atomic E-state index is 0.335. The van der Waals surface area contributed by atoms with Crippen LogP contribution in [0.1, 0.15) is 25.7 Å². The van der Waals surface area contributed by atoms with Gasteiger partial charge < -0.3 is 20.1 Å². The predicted molar refractivity (Wildman–Crippen MR) is 137 cm³/mol. The molecular formula is C25H29Cl2N5O. The number of hydrogen-bond acceptors (Lipinski definition) is 5. The van der Waals surface area contributed by atoms with Crippen molar-refractivity contribution >= 4 is 39.9 Å². The van der Waals surface area contributed by atoms with Crippen LogP contribution in [0.2, 0.25) is 10.0 Å². The summed E-state index contributed by atoms with van der Waals surface area (Å²) in [7, 11) is 2.17. The lowest BCUT2D eigenvalue weighted by atomic mass is 10.0. The molecule has 0 radical (unpaired) electrons. The topological polar surface area (TPSA) is 64.3 Å². The minimum atomic E-state index is -0.335. The molecule has 2 aromatic carbocycles. The third-order valence-electron chi connectivity index (χ3n) is 6.92. The maximum Gasteiger partial charge on any atom is 0.347 e. The van der Waals surface area contributed by atoms with Gasteiger partial charge in [0.1, 0.15) is 5.82 Å². The molecule has 0 saturated carbocycles. The molecule has 3 aliphatic rings. The Morgan fingerprint density at radius 3 is 2.27 bits per heavy atom. The number of hydrogen-bond donors (Lipinski definition) is 2. The summed E-state index contributed by atoms with van der Waals surface area (Å²) in [5.41, 5.74) is 2.05. The molecule has 3 aromatic rings. The van der Waals surface area contributed by atoms with Gasteiger partial charge in [0.25, 0.3) is 0 Å². The fourth-order valence-electron chi connectivity index (χ4n) is 5.27. The maximum atomic E-state index is 12.3. The van der Waals surface area contributed by atoms with Crippen LogP contribution in [0, 0.1) is 0 Å². The highest BCUT2D eigenvalue weighted by molar-refractivity contribution is 6.39. The number of halogens is 2. The summed E-state index contributed by atoms with van der Waals surface area (Å²) in [6.45, 7) is 4.50. The Balaban J connectivity index is 0.000000332. The number of anilines is 1. The molecule has 2 bridgehead atoms. The number of fused-ring (bicyclic) bond motifs is 3. The number of nitrogens with one attached hydrogen (secondary N) is 2. The summed E-state index contributed by atoms with van der Waals surface area (Å²) in [6, 6.07) is 12.1. The van der Waals surface area contributed by atoms with E-state index in [1.54, 1.807) is 0 Å². The van der Waals surface area contributed by atoms with E-state index < -0.39 is 0 Å². The zero-order valence-corrected chi connectivity index (χ0v) is 20.3. The van der Waals surface area contributed by atoms with Gasteiger partial charge in [-0.3, -0.25) is 0 Å². The Morgan fingerprint density at radius 2 is 1.67 bits per heavy atom. The zero-order chi connectivity index (χ0) is 22.9. The van der Waals surface area contributed by atoms with Crippen LogP contribution in [0.4, 0.5) is 5.82 Å². The number of aromatic amines is 1. The highest BCUT2D eigenvalue weighted by Gasteiger charge is 2.38. The number of likely N-dealkylation sites (tertiary alicyclic amines) is 1. The van der Waals surface area contributed by atoms with E-state index >= 15 is 0 Å². The van der Waals surface area contributed by atoms with Crippen LogP contribution < -0.4 is 15.9 Å². The van der Waals surface area contributed by atoms with Gasteiger partial charge in [0.15, 0.2) is 0 Å². The average molecular weight is 486 g/mol. The normalized spacial score (nSPS) is 22.5. The lowest BCUT2D eigenvalue weighted by Crippen LogP contribution is -2.52. The second kappa shape index (κ2) is 9.63. The summed E-state index contributed by atoms with van der Waals surface area (Å²) >= 11 is 12.7. The van der Waals surface area contributed by atoms with E-state index in [0.29, 0.717) is 22.1 Å². The number of rotatable bonds is 2. The Morgan fingerprint density at radius 1 is 1.00 bits per heavy atom. The molecule has 6 nitrogen and oxygen atoms in total. The molecule has 0 aliphatic carbocycles. The third-order valence-corrected chi connectivity index (χ3v) is 7.54. The Bertz CT molecular complexity index is 1170. The summed E-state index contributed by atoms with van der Waals surface area (Å²) in [6.07, 6.45) is 5.08. The molecule has 0 amide bonds. The molecule has 3 fully saturated rings. The summed E-state index contributed by atoms with van der Waals surface area (Å²) < 4.78 is 0. The summed E-state index contributed by atoms with van der Waals surface area (Å²) in [5.74, 6) is 0.777. The van der Waals surface area contributed by atoms with Crippen molar-refractivity contribution in [3.05, 3.63) is 56.9 Å². The van der Waals surface area contributed by atoms with Crippen molar-refractivity contribution in [2.45, 2.75) is 37.8 Å². The number of H-pyrrole nitrogens is 1. The molecule has 33 heavy (non-hydrogen) atoms. The maximum absolute atomic E-state index is 12.3. The molecule has 174 valence electrons. The second-order valence-electron chi connectivity index (χ2n) is 9.18.